The van der Waals surface area contributed by atoms with Crippen LogP contribution in [0.1, 0.15) is 31.9 Å². The predicted octanol–water partition coefficient (Wildman–Crippen LogP) is 7.35. The highest BCUT2D eigenvalue weighted by Gasteiger charge is 2.35. The highest BCUT2D eigenvalue weighted by Crippen LogP contribution is 2.27. The predicted molar refractivity (Wildman–Crippen MR) is 189 cm³/mol. The number of amides is 2. The third-order valence-corrected chi connectivity index (χ3v) is 10.1. The van der Waals surface area contributed by atoms with Crippen LogP contribution < -0.4 is 9.62 Å². The van der Waals surface area contributed by atoms with Crippen LogP contribution in [0.3, 0.4) is 0 Å². The van der Waals surface area contributed by atoms with Gasteiger partial charge in [-0.1, -0.05) is 77.8 Å². The third-order valence-electron chi connectivity index (χ3n) is 6.83. The van der Waals surface area contributed by atoms with E-state index < -0.39 is 34.1 Å². The number of nitrogens with one attached hydrogen (secondary N) is 1. The summed E-state index contributed by atoms with van der Waals surface area (Å²) in [5.74, 6) is -0.935. The molecule has 1 atom stereocenters. The van der Waals surface area contributed by atoms with Gasteiger partial charge in [0, 0.05) is 22.1 Å². The first-order valence-electron chi connectivity index (χ1n) is 14.2. The van der Waals surface area contributed by atoms with Crippen LogP contribution in [0.15, 0.2) is 108 Å². The molecule has 236 valence electrons. The lowest BCUT2D eigenvalue weighted by Crippen LogP contribution is -2.56. The highest BCUT2D eigenvalue weighted by atomic mass is 127. The van der Waals surface area contributed by atoms with Crippen molar-refractivity contribution in [3.05, 3.63) is 128 Å². The Bertz CT molecular complexity index is 1730. The van der Waals surface area contributed by atoms with Crippen LogP contribution in [-0.4, -0.2) is 43.3 Å². The maximum Gasteiger partial charge on any atom is 0.264 e. The quantitative estimate of drug-likeness (QED) is 0.162. The molecule has 0 saturated heterocycles. The first-order valence-corrected chi connectivity index (χ1v) is 17.4. The van der Waals surface area contributed by atoms with E-state index in [9.17, 15) is 18.0 Å². The van der Waals surface area contributed by atoms with Crippen molar-refractivity contribution in [3.63, 3.8) is 0 Å². The van der Waals surface area contributed by atoms with Crippen LogP contribution >= 0.6 is 45.8 Å². The van der Waals surface area contributed by atoms with Crippen molar-refractivity contribution in [1.82, 2.24) is 10.2 Å². The van der Waals surface area contributed by atoms with Gasteiger partial charge in [-0.15, -0.1) is 0 Å². The van der Waals surface area contributed by atoms with Gasteiger partial charge >= 0.3 is 0 Å². The number of nitrogens with zero attached hydrogens (tertiary/aromatic N) is 2. The van der Waals surface area contributed by atoms with E-state index in [0.717, 1.165) is 13.4 Å². The summed E-state index contributed by atoms with van der Waals surface area (Å²) in [5.41, 5.74) is 1.20. The summed E-state index contributed by atoms with van der Waals surface area (Å²) in [5, 5.41) is 3.66. The minimum Gasteiger partial charge on any atom is -0.350 e. The Hall–Kier alpha value is -3.12. The molecule has 0 aliphatic heterocycles. The highest BCUT2D eigenvalue weighted by molar-refractivity contribution is 14.1. The largest absolute Gasteiger partial charge is 0.350 e. The zero-order valence-corrected chi connectivity index (χ0v) is 29.6. The molecule has 0 aliphatic rings. The lowest BCUT2D eigenvalue weighted by molar-refractivity contribution is -0.140. The van der Waals surface area contributed by atoms with E-state index in [2.05, 4.69) is 27.9 Å². The number of anilines is 1. The summed E-state index contributed by atoms with van der Waals surface area (Å²) < 4.78 is 30.1. The molecule has 11 heteroatoms. The van der Waals surface area contributed by atoms with Crippen molar-refractivity contribution in [2.45, 2.75) is 50.2 Å². The van der Waals surface area contributed by atoms with Gasteiger partial charge in [0.2, 0.25) is 11.8 Å². The Morgan fingerprint density at radius 1 is 0.822 bits per heavy atom. The molecule has 0 aliphatic carbocycles. The number of benzene rings is 4. The van der Waals surface area contributed by atoms with E-state index in [1.54, 1.807) is 60.7 Å². The van der Waals surface area contributed by atoms with Crippen LogP contribution in [0.2, 0.25) is 10.0 Å². The monoisotopic (exact) mass is 777 g/mol. The van der Waals surface area contributed by atoms with E-state index in [1.807, 2.05) is 51.1 Å². The second-order valence-corrected chi connectivity index (χ2v) is 15.4. The topological polar surface area (TPSA) is 86.8 Å². The molecule has 7 nitrogen and oxygen atoms in total. The van der Waals surface area contributed by atoms with Crippen molar-refractivity contribution < 1.29 is 18.0 Å². The number of hydrogen-bond donors (Lipinski definition) is 1. The van der Waals surface area contributed by atoms with Crippen LogP contribution in [-0.2, 0) is 32.6 Å². The van der Waals surface area contributed by atoms with Crippen LogP contribution in [0, 0.1) is 3.57 Å². The second kappa shape index (κ2) is 15.0. The number of hydrogen-bond acceptors (Lipinski definition) is 4. The van der Waals surface area contributed by atoms with Crippen molar-refractivity contribution >= 4 is 73.3 Å². The molecular weight excluding hydrogens is 744 g/mol. The third kappa shape index (κ3) is 9.45. The van der Waals surface area contributed by atoms with Gasteiger partial charge in [0.1, 0.15) is 12.6 Å². The van der Waals surface area contributed by atoms with Crippen molar-refractivity contribution in [2.75, 3.05) is 10.8 Å². The number of carbonyl (C=O) groups excluding carboxylic acids is 2. The number of halogens is 3. The van der Waals surface area contributed by atoms with Crippen LogP contribution in [0.4, 0.5) is 5.69 Å². The molecule has 0 unspecified atom stereocenters. The minimum atomic E-state index is -4.17. The molecule has 0 spiro atoms. The van der Waals surface area contributed by atoms with E-state index >= 15 is 0 Å². The van der Waals surface area contributed by atoms with Crippen molar-refractivity contribution in [2.24, 2.45) is 0 Å². The molecule has 0 heterocycles. The van der Waals surface area contributed by atoms with Gasteiger partial charge in [-0.25, -0.2) is 8.42 Å². The van der Waals surface area contributed by atoms with Gasteiger partial charge in [-0.2, -0.15) is 0 Å². The molecule has 4 aromatic carbocycles. The zero-order valence-electron chi connectivity index (χ0n) is 25.1. The summed E-state index contributed by atoms with van der Waals surface area (Å²) in [7, 11) is -4.17. The summed E-state index contributed by atoms with van der Waals surface area (Å²) in [6.07, 6.45) is 0.199. The molecule has 45 heavy (non-hydrogen) atoms. The SMILES string of the molecule is CC(C)(C)NC(=O)[C@@H](Cc1ccccc1)N(Cc1ccc(Cl)c(Cl)c1)C(=O)CN(c1ccc(I)cc1)S(=O)(=O)c1ccccc1. The van der Waals surface area contributed by atoms with E-state index in [4.69, 9.17) is 23.2 Å². The molecule has 0 radical (unpaired) electrons. The molecule has 0 aromatic heterocycles. The van der Waals surface area contributed by atoms with Gasteiger partial charge in [0.15, 0.2) is 0 Å². The maximum atomic E-state index is 14.5. The van der Waals surface area contributed by atoms with E-state index in [0.29, 0.717) is 21.3 Å². The molecule has 4 aromatic rings. The Balaban J connectivity index is 1.82. The second-order valence-electron chi connectivity index (χ2n) is 11.5. The van der Waals surface area contributed by atoms with Crippen LogP contribution in [0.25, 0.3) is 0 Å². The summed E-state index contributed by atoms with van der Waals surface area (Å²) in [6, 6.07) is 28.2. The average molecular weight is 779 g/mol. The van der Waals surface area contributed by atoms with Crippen molar-refractivity contribution in [3.8, 4) is 0 Å². The smallest absolute Gasteiger partial charge is 0.264 e. The number of sulfonamides is 1. The van der Waals surface area contributed by atoms with Gasteiger partial charge in [0.25, 0.3) is 10.0 Å². The molecule has 1 N–H and O–H groups in total. The molecule has 2 amide bonds. The fraction of sp³-hybridized carbons (Fsp3) is 0.235. The normalized spacial score (nSPS) is 12.3. The molecule has 0 bridgehead atoms. The lowest BCUT2D eigenvalue weighted by atomic mass is 10.0. The lowest BCUT2D eigenvalue weighted by Gasteiger charge is -2.35. The summed E-state index contributed by atoms with van der Waals surface area (Å²) >= 11 is 14.7. The minimum absolute atomic E-state index is 0.0172. The maximum absolute atomic E-state index is 14.5. The fourth-order valence-electron chi connectivity index (χ4n) is 4.70. The Labute approximate surface area is 288 Å². The Morgan fingerprint density at radius 3 is 2.00 bits per heavy atom. The van der Waals surface area contributed by atoms with E-state index in [1.165, 1.54) is 17.0 Å². The van der Waals surface area contributed by atoms with E-state index in [-0.39, 0.29) is 23.8 Å². The average Bonchev–Trinajstić information content (AvgIpc) is 3.00. The molecule has 0 fully saturated rings. The first-order chi connectivity index (χ1) is 21.2. The number of rotatable bonds is 11. The van der Waals surface area contributed by atoms with Gasteiger partial charge in [0.05, 0.1) is 20.6 Å². The summed E-state index contributed by atoms with van der Waals surface area (Å²) in [6.45, 7) is 5.02. The standard InChI is InChI=1S/C34H34Cl2IN3O4S/c1-34(2,3)38-33(42)31(21-24-10-6-4-7-11-24)39(22-25-14-19-29(35)30(36)20-25)32(41)23-40(27-17-15-26(37)16-18-27)45(43,44)28-12-8-5-9-13-28/h4-20,31H,21-23H2,1-3H3,(H,38,42)/t31-/m1/s1. The van der Waals surface area contributed by atoms with Crippen LogP contribution in [0.5, 0.6) is 0 Å². The summed E-state index contributed by atoms with van der Waals surface area (Å²) in [4.78, 5) is 29.9. The Kier molecular flexibility index (Phi) is 11.6. The first kappa shape index (κ1) is 34.7. The van der Waals surface area contributed by atoms with Gasteiger partial charge < -0.3 is 10.2 Å². The fourth-order valence-corrected chi connectivity index (χ4v) is 6.81. The number of carbonyl (C=O) groups is 2. The molecule has 4 rings (SSSR count). The zero-order chi connectivity index (χ0) is 32.8. The molecule has 0 saturated carbocycles. The van der Waals surface area contributed by atoms with Crippen molar-refractivity contribution in [1.29, 1.82) is 0 Å². The molecular formula is C34H34Cl2IN3O4S. The Morgan fingerprint density at radius 2 is 1.42 bits per heavy atom. The van der Waals surface area contributed by atoms with Gasteiger partial charge in [-0.05, 0) is 103 Å². The van der Waals surface area contributed by atoms with Gasteiger partial charge in [-0.3, -0.25) is 13.9 Å².